The molecule has 0 heterocycles. The van der Waals surface area contributed by atoms with Gasteiger partial charge in [-0.15, -0.1) is 0 Å². The van der Waals surface area contributed by atoms with Crippen molar-refractivity contribution in [1.29, 1.82) is 0 Å². The number of benzene rings is 1. The van der Waals surface area contributed by atoms with Crippen LogP contribution >= 0.6 is 0 Å². The minimum Gasteiger partial charge on any atom is -0.478 e. The van der Waals surface area contributed by atoms with Crippen molar-refractivity contribution in [2.45, 2.75) is 19.0 Å². The summed E-state index contributed by atoms with van der Waals surface area (Å²) >= 11 is 0. The number of carboxylic acid groups (broad SMARTS) is 1. The molecular weight excluding hydrogens is 295 g/mol. The molecule has 0 aliphatic rings. The van der Waals surface area contributed by atoms with E-state index >= 15 is 0 Å². The number of amides is 1. The third-order valence-corrected chi connectivity index (χ3v) is 3.01. The summed E-state index contributed by atoms with van der Waals surface area (Å²) in [6.07, 6.45) is -0.294. The lowest BCUT2D eigenvalue weighted by atomic mass is 10.1. The van der Waals surface area contributed by atoms with E-state index in [0.717, 1.165) is 23.1 Å². The molecule has 1 atom stereocenters. The number of hydrogen-bond acceptors (Lipinski definition) is 5. The van der Waals surface area contributed by atoms with Gasteiger partial charge in [0.05, 0.1) is 25.1 Å². The van der Waals surface area contributed by atoms with E-state index in [2.05, 4.69) is 4.74 Å². The molecule has 120 valence electrons. The molecule has 0 aromatic heterocycles. The van der Waals surface area contributed by atoms with E-state index < -0.39 is 29.7 Å². The average molecular weight is 312 g/mol. The monoisotopic (exact) mass is 312 g/mol. The van der Waals surface area contributed by atoms with Crippen molar-refractivity contribution in [3.05, 3.63) is 35.1 Å². The molecule has 3 N–H and O–H groups in total. The Hall–Kier alpha value is -2.48. The second kappa shape index (κ2) is 7.51. The summed E-state index contributed by atoms with van der Waals surface area (Å²) in [6, 6.07) is 2.19. The Bertz CT molecular complexity index is 591. The number of nitrogens with two attached hydrogens (primary N) is 1. The minimum absolute atomic E-state index is 0.0426. The van der Waals surface area contributed by atoms with E-state index in [1.54, 1.807) is 0 Å². The van der Waals surface area contributed by atoms with Gasteiger partial charge in [0.25, 0.3) is 0 Å². The molecule has 0 saturated carbocycles. The number of carboxylic acids is 1. The third-order valence-electron chi connectivity index (χ3n) is 3.01. The average Bonchev–Trinajstić information content (AvgIpc) is 2.47. The summed E-state index contributed by atoms with van der Waals surface area (Å²) < 4.78 is 18.1. The van der Waals surface area contributed by atoms with Crippen LogP contribution in [0.3, 0.4) is 0 Å². The summed E-state index contributed by atoms with van der Waals surface area (Å²) in [5.74, 6) is -3.04. The lowest BCUT2D eigenvalue weighted by molar-refractivity contribution is -0.144. The quantitative estimate of drug-likeness (QED) is 0.735. The number of ether oxygens (including phenoxy) is 1. The molecule has 1 amide bonds. The highest BCUT2D eigenvalue weighted by Gasteiger charge is 2.22. The van der Waals surface area contributed by atoms with Crippen molar-refractivity contribution in [2.24, 2.45) is 5.73 Å². The van der Waals surface area contributed by atoms with Gasteiger partial charge < -0.3 is 20.5 Å². The zero-order chi connectivity index (χ0) is 16.9. The Labute approximate surface area is 126 Å². The number of esters is 1. The summed E-state index contributed by atoms with van der Waals surface area (Å²) in [7, 11) is 2.56. The van der Waals surface area contributed by atoms with Gasteiger partial charge in [0.1, 0.15) is 5.82 Å². The predicted molar refractivity (Wildman–Crippen MR) is 74.4 cm³/mol. The fraction of sp³-hybridized carbons (Fsp3) is 0.357. The molecule has 1 aromatic carbocycles. The van der Waals surface area contributed by atoms with Crippen LogP contribution in [0.15, 0.2) is 18.2 Å². The largest absolute Gasteiger partial charge is 0.478 e. The van der Waals surface area contributed by atoms with Crippen molar-refractivity contribution in [1.82, 2.24) is 4.90 Å². The first-order valence-electron chi connectivity index (χ1n) is 6.35. The van der Waals surface area contributed by atoms with E-state index in [0.29, 0.717) is 0 Å². The molecule has 0 saturated heterocycles. The molecule has 0 spiro atoms. The highest BCUT2D eigenvalue weighted by Crippen LogP contribution is 2.13. The van der Waals surface area contributed by atoms with Gasteiger partial charge >= 0.3 is 11.9 Å². The number of hydrogen-bond donors (Lipinski definition) is 2. The first kappa shape index (κ1) is 17.6. The van der Waals surface area contributed by atoms with Crippen molar-refractivity contribution in [3.8, 4) is 0 Å². The minimum atomic E-state index is -1.20. The fourth-order valence-corrected chi connectivity index (χ4v) is 1.80. The zero-order valence-corrected chi connectivity index (χ0v) is 12.2. The molecule has 1 aromatic rings. The molecule has 0 aliphatic heterocycles. The second-order valence-corrected chi connectivity index (χ2v) is 4.69. The molecule has 0 aliphatic carbocycles. The molecule has 0 fully saturated rings. The molecular formula is C14H17FN2O5. The van der Waals surface area contributed by atoms with E-state index in [9.17, 15) is 18.8 Å². The van der Waals surface area contributed by atoms with Crippen molar-refractivity contribution < 1.29 is 28.6 Å². The second-order valence-electron chi connectivity index (χ2n) is 4.69. The lowest BCUT2D eigenvalue weighted by Gasteiger charge is -2.21. The van der Waals surface area contributed by atoms with Crippen LogP contribution in [-0.2, 0) is 20.9 Å². The number of carbonyl (C=O) groups excluding carboxylic acids is 2. The number of halogens is 1. The molecule has 0 radical (unpaired) electrons. The first-order chi connectivity index (χ1) is 10.3. The number of aromatic carboxylic acids is 1. The molecule has 7 nitrogen and oxygen atoms in total. The van der Waals surface area contributed by atoms with Crippen LogP contribution in [0.5, 0.6) is 0 Å². The summed E-state index contributed by atoms with van der Waals surface area (Å²) in [5, 5.41) is 8.88. The van der Waals surface area contributed by atoms with Crippen molar-refractivity contribution in [3.63, 3.8) is 0 Å². The van der Waals surface area contributed by atoms with Gasteiger partial charge in [-0.25, -0.2) is 9.18 Å². The van der Waals surface area contributed by atoms with Crippen molar-refractivity contribution >= 4 is 17.8 Å². The Morgan fingerprint density at radius 1 is 1.41 bits per heavy atom. The summed E-state index contributed by atoms with van der Waals surface area (Å²) in [5.41, 5.74) is 5.54. The van der Waals surface area contributed by atoms with Gasteiger partial charge in [0, 0.05) is 19.2 Å². The van der Waals surface area contributed by atoms with Crippen LogP contribution in [0.4, 0.5) is 4.39 Å². The van der Waals surface area contributed by atoms with Gasteiger partial charge in [-0.1, -0.05) is 0 Å². The van der Waals surface area contributed by atoms with Gasteiger partial charge in [0.15, 0.2) is 0 Å². The molecule has 1 unspecified atom stereocenters. The maximum absolute atomic E-state index is 13.7. The number of nitrogens with zero attached hydrogens (tertiary/aromatic N) is 1. The van der Waals surface area contributed by atoms with E-state index in [-0.39, 0.29) is 24.1 Å². The Kier molecular flexibility index (Phi) is 6.00. The Morgan fingerprint density at radius 3 is 2.59 bits per heavy atom. The number of methoxy groups -OCH3 is 1. The Morgan fingerprint density at radius 2 is 2.05 bits per heavy atom. The van der Waals surface area contributed by atoms with Crippen LogP contribution in [0.1, 0.15) is 22.3 Å². The topological polar surface area (TPSA) is 110 Å². The highest BCUT2D eigenvalue weighted by molar-refractivity contribution is 5.88. The fourth-order valence-electron chi connectivity index (χ4n) is 1.80. The van der Waals surface area contributed by atoms with Gasteiger partial charge in [0.2, 0.25) is 5.91 Å². The van der Waals surface area contributed by atoms with Crippen LogP contribution < -0.4 is 5.73 Å². The van der Waals surface area contributed by atoms with Gasteiger partial charge in [-0.3, -0.25) is 9.59 Å². The maximum Gasteiger partial charge on any atom is 0.335 e. The van der Waals surface area contributed by atoms with Crippen molar-refractivity contribution in [2.75, 3.05) is 14.2 Å². The van der Waals surface area contributed by atoms with E-state index in [4.69, 9.17) is 10.8 Å². The van der Waals surface area contributed by atoms with Crippen LogP contribution in [0.2, 0.25) is 0 Å². The molecule has 22 heavy (non-hydrogen) atoms. The maximum atomic E-state index is 13.7. The predicted octanol–water partition coefficient (Wildman–Crippen LogP) is 0.373. The third kappa shape index (κ3) is 4.52. The smallest absolute Gasteiger partial charge is 0.335 e. The van der Waals surface area contributed by atoms with E-state index in [1.165, 1.54) is 14.2 Å². The SMILES string of the molecule is COC(=O)CC(N)C(=O)N(C)Cc1cc(C(=O)O)ccc1F. The van der Waals surface area contributed by atoms with Crippen LogP contribution in [-0.4, -0.2) is 48.1 Å². The number of likely N-dealkylation sites (N-methyl/N-ethyl adjacent to an activating group) is 1. The number of carbonyl (C=O) groups is 3. The number of rotatable bonds is 6. The van der Waals surface area contributed by atoms with Gasteiger partial charge in [-0.2, -0.15) is 0 Å². The molecule has 8 heteroatoms. The molecule has 0 bridgehead atoms. The van der Waals surface area contributed by atoms with Gasteiger partial charge in [-0.05, 0) is 18.2 Å². The standard InChI is InChI=1S/C14H17FN2O5/c1-17(13(19)11(16)6-12(18)22-2)7-9-5-8(14(20)21)3-4-10(9)15/h3-5,11H,6-7,16H2,1-2H3,(H,20,21). The normalized spacial score (nSPS) is 11.6. The zero-order valence-electron chi connectivity index (χ0n) is 12.2. The highest BCUT2D eigenvalue weighted by atomic mass is 19.1. The Balaban J connectivity index is 2.81. The summed E-state index contributed by atoms with van der Waals surface area (Å²) in [4.78, 5) is 35.1. The lowest BCUT2D eigenvalue weighted by Crippen LogP contribution is -2.42. The van der Waals surface area contributed by atoms with E-state index in [1.807, 2.05) is 0 Å². The molecule has 1 rings (SSSR count). The van der Waals surface area contributed by atoms with Crippen LogP contribution in [0, 0.1) is 5.82 Å². The summed E-state index contributed by atoms with van der Waals surface area (Å²) in [6.45, 7) is -0.166. The first-order valence-corrected chi connectivity index (χ1v) is 6.35. The van der Waals surface area contributed by atoms with Crippen LogP contribution in [0.25, 0.3) is 0 Å².